The largest absolute Gasteiger partial charge is 0.360 e. The summed E-state index contributed by atoms with van der Waals surface area (Å²) in [4.78, 5) is 36.9. The maximum Gasteiger partial charge on any atom is 0.295 e. The number of fused-ring (bicyclic) bond motifs is 1. The molecule has 0 saturated heterocycles. The second kappa shape index (κ2) is 9.78. The summed E-state index contributed by atoms with van der Waals surface area (Å²) < 4.78 is 25.8. The molecule has 0 spiro atoms. The van der Waals surface area contributed by atoms with Crippen LogP contribution in [0.4, 0.5) is 5.82 Å². The Bertz CT molecular complexity index is 1690. The van der Waals surface area contributed by atoms with Crippen LogP contribution in [-0.2, 0) is 16.4 Å². The third-order valence-corrected chi connectivity index (χ3v) is 9.06. The van der Waals surface area contributed by atoms with Gasteiger partial charge >= 0.3 is 0 Å². The van der Waals surface area contributed by atoms with E-state index in [1.807, 2.05) is 20.0 Å². The number of anilines is 1. The molecule has 0 bridgehead atoms. The van der Waals surface area contributed by atoms with Crippen molar-refractivity contribution in [3.8, 4) is 11.4 Å². The Balaban J connectivity index is 1.37. The number of aromatic nitrogens is 6. The van der Waals surface area contributed by atoms with Gasteiger partial charge in [-0.2, -0.15) is 0 Å². The Hall–Kier alpha value is -3.73. The fourth-order valence-electron chi connectivity index (χ4n) is 4.89. The molecule has 0 aromatic carbocycles. The van der Waals surface area contributed by atoms with Crippen molar-refractivity contribution in [1.29, 1.82) is 0 Å². The van der Waals surface area contributed by atoms with Gasteiger partial charge in [0.05, 0.1) is 34.8 Å². The maximum atomic E-state index is 13.6. The quantitative estimate of drug-likeness (QED) is 0.325. The molecule has 4 aromatic heterocycles. The van der Waals surface area contributed by atoms with Crippen LogP contribution in [0.25, 0.3) is 22.6 Å². The van der Waals surface area contributed by atoms with E-state index >= 15 is 0 Å². The zero-order chi connectivity index (χ0) is 27.3. The van der Waals surface area contributed by atoms with Crippen molar-refractivity contribution in [2.75, 3.05) is 11.1 Å². The molecule has 0 aliphatic heterocycles. The van der Waals surface area contributed by atoms with Crippen molar-refractivity contribution < 1.29 is 8.42 Å². The van der Waals surface area contributed by atoms with Crippen LogP contribution < -0.4 is 10.9 Å². The van der Waals surface area contributed by atoms with Gasteiger partial charge in [0.15, 0.2) is 27.1 Å². The Morgan fingerprint density at radius 2 is 1.77 bits per heavy atom. The van der Waals surface area contributed by atoms with Gasteiger partial charge in [0.1, 0.15) is 5.52 Å². The molecule has 0 unspecified atom stereocenters. The second-order valence-corrected chi connectivity index (χ2v) is 12.9. The maximum absolute atomic E-state index is 13.6. The number of sulfone groups is 1. The van der Waals surface area contributed by atoms with E-state index in [0.29, 0.717) is 34.5 Å². The molecule has 0 amide bonds. The summed E-state index contributed by atoms with van der Waals surface area (Å²) in [6.07, 6.45) is 9.50. The van der Waals surface area contributed by atoms with Crippen LogP contribution in [0.5, 0.6) is 0 Å². The average molecular weight is 546 g/mol. The first-order valence-electron chi connectivity index (χ1n) is 13.5. The third kappa shape index (κ3) is 4.91. The van der Waals surface area contributed by atoms with Crippen LogP contribution in [0, 0.1) is 0 Å². The summed E-state index contributed by atoms with van der Waals surface area (Å²) in [7, 11) is -3.33. The fourth-order valence-corrected chi connectivity index (χ4v) is 5.72. The van der Waals surface area contributed by atoms with Crippen LogP contribution in [0.15, 0.2) is 46.5 Å². The molecule has 10 nitrogen and oxygen atoms in total. The zero-order valence-electron chi connectivity index (χ0n) is 22.3. The van der Waals surface area contributed by atoms with E-state index in [1.54, 1.807) is 23.8 Å². The lowest BCUT2D eigenvalue weighted by molar-refractivity contribution is 0.593. The van der Waals surface area contributed by atoms with E-state index in [1.165, 1.54) is 17.8 Å². The molecule has 2 aliphatic carbocycles. The van der Waals surface area contributed by atoms with E-state index in [-0.39, 0.29) is 34.6 Å². The summed E-state index contributed by atoms with van der Waals surface area (Å²) in [6.45, 7) is 5.69. The molecule has 202 valence electrons. The van der Waals surface area contributed by atoms with Gasteiger partial charge < -0.3 is 5.32 Å². The molecule has 2 saturated carbocycles. The summed E-state index contributed by atoms with van der Waals surface area (Å²) in [5, 5.41) is 3.08. The predicted molar refractivity (Wildman–Crippen MR) is 148 cm³/mol. The highest BCUT2D eigenvalue weighted by Crippen LogP contribution is 2.49. The van der Waals surface area contributed by atoms with Crippen molar-refractivity contribution >= 4 is 26.8 Å². The molecule has 11 heteroatoms. The first kappa shape index (κ1) is 25.5. The second-order valence-electron chi connectivity index (χ2n) is 10.6. The van der Waals surface area contributed by atoms with E-state index < -0.39 is 9.84 Å². The van der Waals surface area contributed by atoms with Gasteiger partial charge in [-0.3, -0.25) is 19.3 Å². The fraction of sp³-hybridized carbons (Fsp3) is 0.429. The van der Waals surface area contributed by atoms with Crippen LogP contribution in [0.2, 0.25) is 0 Å². The first-order chi connectivity index (χ1) is 18.8. The molecule has 1 N–H and O–H groups in total. The molecule has 6 rings (SSSR count). The molecule has 0 atom stereocenters. The highest BCUT2D eigenvalue weighted by molar-refractivity contribution is 7.91. The number of pyridine rings is 2. The number of hydrogen-bond acceptors (Lipinski definition) is 9. The minimum Gasteiger partial charge on any atom is -0.360 e. The van der Waals surface area contributed by atoms with Gasteiger partial charge in [0.25, 0.3) is 5.56 Å². The highest BCUT2D eigenvalue weighted by atomic mass is 32.2. The summed E-state index contributed by atoms with van der Waals surface area (Å²) >= 11 is 0. The van der Waals surface area contributed by atoms with Crippen molar-refractivity contribution in [1.82, 2.24) is 29.5 Å². The van der Waals surface area contributed by atoms with Gasteiger partial charge in [-0.15, -0.1) is 0 Å². The lowest BCUT2D eigenvalue weighted by Crippen LogP contribution is -2.27. The summed E-state index contributed by atoms with van der Waals surface area (Å²) in [5.41, 5.74) is 4.64. The van der Waals surface area contributed by atoms with E-state index in [0.717, 1.165) is 36.9 Å². The SMILES string of the molecule is CCS(=O)(=O)c1ccc(CNc2nc3cnc(-c4c(C5CC5)ccnc4C4CC4)nc3n(C(C)C)c2=O)nc1. The number of nitrogens with zero attached hydrogens (tertiary/aromatic N) is 6. The van der Waals surface area contributed by atoms with Crippen molar-refractivity contribution in [2.45, 2.75) is 75.8 Å². The Morgan fingerprint density at radius 1 is 1.00 bits per heavy atom. The molecule has 2 aliphatic rings. The van der Waals surface area contributed by atoms with Gasteiger partial charge in [-0.25, -0.2) is 23.4 Å². The highest BCUT2D eigenvalue weighted by Gasteiger charge is 2.34. The number of rotatable bonds is 9. The van der Waals surface area contributed by atoms with Gasteiger partial charge in [-0.1, -0.05) is 6.92 Å². The van der Waals surface area contributed by atoms with Gasteiger partial charge in [0.2, 0.25) is 0 Å². The molecule has 2 fully saturated rings. The lowest BCUT2D eigenvalue weighted by atomic mass is 9.99. The summed E-state index contributed by atoms with van der Waals surface area (Å²) in [5.74, 6) is 1.73. The average Bonchev–Trinajstić information content (AvgIpc) is 3.85. The van der Waals surface area contributed by atoms with Crippen LogP contribution in [0.3, 0.4) is 0 Å². The molecule has 4 aromatic rings. The normalized spacial score (nSPS) is 15.7. The minimum absolute atomic E-state index is 0.0103. The van der Waals surface area contributed by atoms with Crippen molar-refractivity contribution in [3.63, 3.8) is 0 Å². The number of hydrogen-bond donors (Lipinski definition) is 1. The lowest BCUT2D eigenvalue weighted by Gasteiger charge is -2.17. The molecule has 4 heterocycles. The third-order valence-electron chi connectivity index (χ3n) is 7.34. The Morgan fingerprint density at radius 3 is 2.41 bits per heavy atom. The summed E-state index contributed by atoms with van der Waals surface area (Å²) in [6, 6.07) is 5.09. The monoisotopic (exact) mass is 545 g/mol. The van der Waals surface area contributed by atoms with Crippen LogP contribution in [0.1, 0.15) is 81.3 Å². The van der Waals surface area contributed by atoms with Crippen LogP contribution >= 0.6 is 0 Å². The molecular weight excluding hydrogens is 514 g/mol. The Labute approximate surface area is 226 Å². The number of nitrogens with one attached hydrogen (secondary N) is 1. The van der Waals surface area contributed by atoms with E-state index in [9.17, 15) is 13.2 Å². The zero-order valence-corrected chi connectivity index (χ0v) is 23.1. The minimum atomic E-state index is -3.33. The molecule has 0 radical (unpaired) electrons. The van der Waals surface area contributed by atoms with Gasteiger partial charge in [0, 0.05) is 29.9 Å². The van der Waals surface area contributed by atoms with Gasteiger partial charge in [-0.05, 0) is 69.2 Å². The van der Waals surface area contributed by atoms with Crippen molar-refractivity contribution in [3.05, 3.63) is 64.1 Å². The Kier molecular flexibility index (Phi) is 6.41. The van der Waals surface area contributed by atoms with E-state index in [4.69, 9.17) is 15.0 Å². The smallest absolute Gasteiger partial charge is 0.295 e. The predicted octanol–water partition coefficient (Wildman–Crippen LogP) is 4.38. The standard InChI is InChI=1S/C28H31N7O3S/c1-4-39(37,38)20-10-9-19(30-14-20)13-31-26-28(36)35(16(2)3)27-22(33-26)15-32-25(34-27)23-21(17-5-6-17)11-12-29-24(23)18-7-8-18/h9-12,14-18H,4-8,13H2,1-3H3,(H,31,33). The molecular formula is C28H31N7O3S. The van der Waals surface area contributed by atoms with Crippen LogP contribution in [-0.4, -0.2) is 43.7 Å². The van der Waals surface area contributed by atoms with Crippen molar-refractivity contribution in [2.24, 2.45) is 0 Å². The topological polar surface area (TPSA) is 133 Å². The first-order valence-corrected chi connectivity index (χ1v) is 15.1. The molecule has 39 heavy (non-hydrogen) atoms. The van der Waals surface area contributed by atoms with E-state index in [2.05, 4.69) is 21.4 Å².